The van der Waals surface area contributed by atoms with Gasteiger partial charge in [0, 0.05) is 6.04 Å². The van der Waals surface area contributed by atoms with Crippen molar-refractivity contribution in [2.24, 2.45) is 5.41 Å². The van der Waals surface area contributed by atoms with Crippen LogP contribution in [0, 0.1) is 5.41 Å². The highest BCUT2D eigenvalue weighted by molar-refractivity contribution is 5.30. The Morgan fingerprint density at radius 3 is 2.29 bits per heavy atom. The molecule has 0 bridgehead atoms. The largest absolute Gasteiger partial charge is 0.314 e. The molecule has 0 aromatic heterocycles. The van der Waals surface area contributed by atoms with E-state index in [1.807, 2.05) is 0 Å². The smallest absolute Gasteiger partial charge is 0.0130 e. The van der Waals surface area contributed by atoms with E-state index < -0.39 is 0 Å². The van der Waals surface area contributed by atoms with Crippen LogP contribution in [0.3, 0.4) is 0 Å². The summed E-state index contributed by atoms with van der Waals surface area (Å²) in [4.78, 5) is 0. The molecule has 1 fully saturated rings. The Balaban J connectivity index is 2.09. The zero-order chi connectivity index (χ0) is 12.5. The Kier molecular flexibility index (Phi) is 3.58. The number of benzene rings is 1. The second kappa shape index (κ2) is 4.81. The van der Waals surface area contributed by atoms with Crippen LogP contribution in [0.15, 0.2) is 24.3 Å². The summed E-state index contributed by atoms with van der Waals surface area (Å²) in [5.74, 6) is 0.720. The Hall–Kier alpha value is -0.820. The minimum absolute atomic E-state index is 0.393. The van der Waals surface area contributed by atoms with Crippen molar-refractivity contribution in [2.45, 2.75) is 52.5 Å². The van der Waals surface area contributed by atoms with Crippen molar-refractivity contribution in [3.05, 3.63) is 35.4 Å². The van der Waals surface area contributed by atoms with E-state index in [1.54, 1.807) is 0 Å². The van der Waals surface area contributed by atoms with Gasteiger partial charge in [0.15, 0.2) is 0 Å². The van der Waals surface area contributed by atoms with Gasteiger partial charge in [0.2, 0.25) is 0 Å². The first-order valence-corrected chi connectivity index (χ1v) is 6.91. The molecule has 2 rings (SSSR count). The molecule has 1 aliphatic rings. The molecule has 0 saturated heterocycles. The summed E-state index contributed by atoms with van der Waals surface area (Å²) in [6.45, 7) is 10.3. The van der Waals surface area contributed by atoms with Crippen LogP contribution in [-0.4, -0.2) is 12.6 Å². The second-order valence-corrected chi connectivity index (χ2v) is 5.82. The Morgan fingerprint density at radius 1 is 1.18 bits per heavy atom. The first-order chi connectivity index (χ1) is 8.09. The fourth-order valence-electron chi connectivity index (χ4n) is 3.07. The maximum absolute atomic E-state index is 3.59. The molecule has 0 radical (unpaired) electrons. The summed E-state index contributed by atoms with van der Waals surface area (Å²) in [5, 5.41) is 3.59. The molecule has 0 amide bonds. The van der Waals surface area contributed by atoms with Gasteiger partial charge in [0.05, 0.1) is 0 Å². The van der Waals surface area contributed by atoms with E-state index in [-0.39, 0.29) is 0 Å². The van der Waals surface area contributed by atoms with E-state index in [4.69, 9.17) is 0 Å². The molecular weight excluding hydrogens is 206 g/mol. The van der Waals surface area contributed by atoms with Crippen LogP contribution in [0.4, 0.5) is 0 Å². The first kappa shape index (κ1) is 12.6. The molecule has 0 heterocycles. The topological polar surface area (TPSA) is 12.0 Å². The number of aryl methyl sites for hydroxylation is 1. The molecule has 2 unspecified atom stereocenters. The van der Waals surface area contributed by atoms with Gasteiger partial charge in [-0.2, -0.15) is 0 Å². The van der Waals surface area contributed by atoms with Crippen LogP contribution in [-0.2, 0) is 6.42 Å². The van der Waals surface area contributed by atoms with E-state index in [2.05, 4.69) is 57.3 Å². The molecule has 2 atom stereocenters. The van der Waals surface area contributed by atoms with E-state index >= 15 is 0 Å². The van der Waals surface area contributed by atoms with Gasteiger partial charge in [0.25, 0.3) is 0 Å². The molecule has 1 saturated carbocycles. The van der Waals surface area contributed by atoms with E-state index in [0.717, 1.165) is 18.9 Å². The highest BCUT2D eigenvalue weighted by Gasteiger charge is 2.47. The molecule has 0 aliphatic heterocycles. The number of nitrogens with one attached hydrogen (secondary N) is 1. The van der Waals surface area contributed by atoms with E-state index in [0.29, 0.717) is 11.5 Å². The molecule has 17 heavy (non-hydrogen) atoms. The highest BCUT2D eigenvalue weighted by Crippen LogP contribution is 2.52. The molecule has 1 aromatic rings. The Morgan fingerprint density at radius 2 is 1.82 bits per heavy atom. The highest BCUT2D eigenvalue weighted by atomic mass is 15.0. The number of hydrogen-bond acceptors (Lipinski definition) is 1. The summed E-state index contributed by atoms with van der Waals surface area (Å²) in [6.07, 6.45) is 2.42. The van der Waals surface area contributed by atoms with Gasteiger partial charge in [-0.3, -0.25) is 0 Å². The van der Waals surface area contributed by atoms with Gasteiger partial charge in [-0.15, -0.1) is 0 Å². The minimum atomic E-state index is 0.393. The van der Waals surface area contributed by atoms with Crippen LogP contribution in [0.2, 0.25) is 0 Å². The van der Waals surface area contributed by atoms with Crippen LogP contribution < -0.4 is 5.32 Å². The zero-order valence-corrected chi connectivity index (χ0v) is 11.6. The van der Waals surface area contributed by atoms with Crippen molar-refractivity contribution < 1.29 is 0 Å². The standard InChI is InChI=1S/C16H25N/c1-5-12-7-9-13(10-8-12)14-11-15(17-6-2)16(14,3)4/h7-10,14-15,17H,5-6,11H2,1-4H3. The molecular formula is C16H25N. The van der Waals surface area contributed by atoms with Crippen LogP contribution >= 0.6 is 0 Å². The van der Waals surface area contributed by atoms with Crippen molar-refractivity contribution in [1.82, 2.24) is 5.32 Å². The lowest BCUT2D eigenvalue weighted by molar-refractivity contribution is 0.0706. The van der Waals surface area contributed by atoms with Crippen molar-refractivity contribution in [3.63, 3.8) is 0 Å². The van der Waals surface area contributed by atoms with Gasteiger partial charge in [-0.1, -0.05) is 52.0 Å². The van der Waals surface area contributed by atoms with Crippen LogP contribution in [0.1, 0.15) is 51.2 Å². The Bertz CT molecular complexity index is 364. The summed E-state index contributed by atoms with van der Waals surface area (Å²) in [7, 11) is 0. The third kappa shape index (κ3) is 2.26. The maximum atomic E-state index is 3.59. The van der Waals surface area contributed by atoms with Gasteiger partial charge >= 0.3 is 0 Å². The average molecular weight is 231 g/mol. The lowest BCUT2D eigenvalue weighted by Gasteiger charge is -2.53. The predicted molar refractivity (Wildman–Crippen MR) is 74.4 cm³/mol. The fraction of sp³-hybridized carbons (Fsp3) is 0.625. The van der Waals surface area contributed by atoms with Crippen molar-refractivity contribution in [1.29, 1.82) is 0 Å². The van der Waals surface area contributed by atoms with Gasteiger partial charge in [-0.25, -0.2) is 0 Å². The summed E-state index contributed by atoms with van der Waals surface area (Å²) in [5.41, 5.74) is 3.35. The zero-order valence-electron chi connectivity index (χ0n) is 11.6. The molecule has 1 aromatic carbocycles. The van der Waals surface area contributed by atoms with Crippen molar-refractivity contribution in [2.75, 3.05) is 6.54 Å². The summed E-state index contributed by atoms with van der Waals surface area (Å²) in [6, 6.07) is 9.90. The van der Waals surface area contributed by atoms with Crippen LogP contribution in [0.25, 0.3) is 0 Å². The molecule has 0 spiro atoms. The molecule has 1 heteroatoms. The molecule has 94 valence electrons. The lowest BCUT2D eigenvalue weighted by Crippen LogP contribution is -2.55. The van der Waals surface area contributed by atoms with E-state index in [1.165, 1.54) is 17.5 Å². The normalized spacial score (nSPS) is 26.6. The van der Waals surface area contributed by atoms with Gasteiger partial charge in [0.1, 0.15) is 0 Å². The first-order valence-electron chi connectivity index (χ1n) is 6.91. The predicted octanol–water partition coefficient (Wildman–Crippen LogP) is 3.74. The fourth-order valence-corrected chi connectivity index (χ4v) is 3.07. The third-order valence-corrected chi connectivity index (χ3v) is 4.51. The second-order valence-electron chi connectivity index (χ2n) is 5.82. The molecule has 1 aliphatic carbocycles. The summed E-state index contributed by atoms with van der Waals surface area (Å²) < 4.78 is 0. The Labute approximate surface area is 106 Å². The van der Waals surface area contributed by atoms with Crippen molar-refractivity contribution in [3.8, 4) is 0 Å². The maximum Gasteiger partial charge on any atom is 0.0130 e. The van der Waals surface area contributed by atoms with Gasteiger partial charge < -0.3 is 5.32 Å². The van der Waals surface area contributed by atoms with Crippen molar-refractivity contribution >= 4 is 0 Å². The third-order valence-electron chi connectivity index (χ3n) is 4.51. The monoisotopic (exact) mass is 231 g/mol. The van der Waals surface area contributed by atoms with E-state index in [9.17, 15) is 0 Å². The minimum Gasteiger partial charge on any atom is -0.314 e. The number of hydrogen-bond donors (Lipinski definition) is 1. The molecule has 1 N–H and O–H groups in total. The van der Waals surface area contributed by atoms with Gasteiger partial charge in [-0.05, 0) is 41.8 Å². The average Bonchev–Trinajstić information content (AvgIpc) is 2.34. The SMILES string of the molecule is CCNC1CC(c2ccc(CC)cc2)C1(C)C. The summed E-state index contributed by atoms with van der Waals surface area (Å²) >= 11 is 0. The number of rotatable bonds is 4. The molecule has 1 nitrogen and oxygen atoms in total. The lowest BCUT2D eigenvalue weighted by atomic mass is 9.56. The quantitative estimate of drug-likeness (QED) is 0.832. The van der Waals surface area contributed by atoms with Crippen LogP contribution in [0.5, 0.6) is 0 Å².